The molecule has 2 aliphatic rings. The minimum absolute atomic E-state index is 0.0561. The SMILES string of the molecule is CC[C@H](C)[C@@H]([C@@H](CC(=O)N1CCC[C@H]1[C@H](OC)[C@@H](C)C(=O)N[C@H](CO)Cc1ccccc1)OC)N(C)C(=O)[C@@H](NC(=O)[C@H](CCO)[N+](C)(C)Cc1ccc(NC(=O)[C@H](CCCNC(N)=O)NC(=O)[C@@H](NC(=O)CCCCCN2C(=O)C=CC2=O)C(C)C)cc1)C(C)C. The van der Waals surface area contributed by atoms with E-state index in [1.54, 1.807) is 61.9 Å². The van der Waals surface area contributed by atoms with Crippen molar-refractivity contribution in [1.29, 1.82) is 0 Å². The van der Waals surface area contributed by atoms with Crippen LogP contribution in [0.25, 0.3) is 0 Å². The van der Waals surface area contributed by atoms with Gasteiger partial charge in [-0.15, -0.1) is 0 Å². The molecule has 25 nitrogen and oxygen atoms in total. The van der Waals surface area contributed by atoms with Crippen LogP contribution in [-0.2, 0) is 65.6 Å². The molecule has 0 aliphatic carbocycles. The Bertz CT molecular complexity index is 2770. The number of benzene rings is 2. The minimum atomic E-state index is -1.10. The van der Waals surface area contributed by atoms with Gasteiger partial charge in [0.2, 0.25) is 35.4 Å². The zero-order chi connectivity index (χ0) is 68.4. The second kappa shape index (κ2) is 38.0. The van der Waals surface area contributed by atoms with Gasteiger partial charge in [-0.1, -0.05) is 104 Å². The molecule has 0 aromatic heterocycles. The number of anilines is 1. The molecule has 0 unspecified atom stereocenters. The van der Waals surface area contributed by atoms with Gasteiger partial charge >= 0.3 is 6.03 Å². The van der Waals surface area contributed by atoms with E-state index in [9.17, 15) is 58.2 Å². The quantitative estimate of drug-likeness (QED) is 0.0263. The summed E-state index contributed by atoms with van der Waals surface area (Å²) in [7, 11) is 8.39. The van der Waals surface area contributed by atoms with Crippen molar-refractivity contribution in [3.8, 4) is 0 Å². The van der Waals surface area contributed by atoms with E-state index < -0.39 is 84.2 Å². The lowest BCUT2D eigenvalue weighted by atomic mass is 9.89. The maximum Gasteiger partial charge on any atom is 0.312 e. The Balaban J connectivity index is 1.42. The first-order valence-electron chi connectivity index (χ1n) is 32.5. The Hall–Kier alpha value is -7.32. The Kier molecular flexibility index (Phi) is 31.9. The fraction of sp³-hybridized carbons (Fsp3) is 0.642. The number of nitrogens with two attached hydrogens (primary N) is 1. The van der Waals surface area contributed by atoms with Crippen molar-refractivity contribution >= 4 is 64.9 Å². The fourth-order valence-corrected chi connectivity index (χ4v) is 12.3. The molecule has 2 aromatic carbocycles. The first-order valence-corrected chi connectivity index (χ1v) is 32.5. The number of quaternary nitrogens is 1. The first kappa shape index (κ1) is 77.1. The topological polar surface area (TPSA) is 338 Å². The van der Waals surface area contributed by atoms with Crippen LogP contribution in [0.15, 0.2) is 66.7 Å². The van der Waals surface area contributed by atoms with Crippen molar-refractivity contribution in [3.63, 3.8) is 0 Å². The maximum absolute atomic E-state index is 14.9. The molecule has 25 heteroatoms. The van der Waals surface area contributed by atoms with Gasteiger partial charge in [-0.2, -0.15) is 0 Å². The predicted octanol–water partition coefficient (Wildman–Crippen LogP) is 3.29. The van der Waals surface area contributed by atoms with Crippen LogP contribution in [0.2, 0.25) is 0 Å². The Morgan fingerprint density at radius 2 is 1.40 bits per heavy atom. The average molecular weight is 1290 g/mol. The summed E-state index contributed by atoms with van der Waals surface area (Å²) in [4.78, 5) is 138. The van der Waals surface area contributed by atoms with Crippen molar-refractivity contribution in [3.05, 3.63) is 77.9 Å². The normalized spacial score (nSPS) is 17.4. The third-order valence-corrected chi connectivity index (χ3v) is 17.8. The van der Waals surface area contributed by atoms with E-state index in [1.807, 2.05) is 72.1 Å². The highest BCUT2D eigenvalue weighted by Gasteiger charge is 2.44. The summed E-state index contributed by atoms with van der Waals surface area (Å²) in [6.07, 6.45) is 5.36. The van der Waals surface area contributed by atoms with Crippen molar-refractivity contribution in [2.45, 2.75) is 187 Å². The number of ether oxygens (including phenoxy) is 2. The van der Waals surface area contributed by atoms with Gasteiger partial charge in [0, 0.05) is 83.8 Å². The number of carbonyl (C=O) groups is 10. The van der Waals surface area contributed by atoms with Gasteiger partial charge in [0.05, 0.1) is 63.4 Å². The van der Waals surface area contributed by atoms with Crippen LogP contribution in [0.4, 0.5) is 10.5 Å². The zero-order valence-corrected chi connectivity index (χ0v) is 56.2. The van der Waals surface area contributed by atoms with Gasteiger partial charge in [0.15, 0.2) is 6.04 Å². The highest BCUT2D eigenvalue weighted by atomic mass is 16.5. The number of hydrogen-bond acceptors (Lipinski definition) is 14. The number of amides is 11. The number of carbonyl (C=O) groups excluding carboxylic acids is 10. The molecule has 10 N–H and O–H groups in total. The second-order valence-corrected chi connectivity index (χ2v) is 25.8. The lowest BCUT2D eigenvalue weighted by Gasteiger charge is -2.41. The van der Waals surface area contributed by atoms with E-state index in [0.717, 1.165) is 16.0 Å². The lowest BCUT2D eigenvalue weighted by molar-refractivity contribution is -0.919. The number of nitrogens with zero attached hydrogens (tertiary/aromatic N) is 4. The molecule has 2 aliphatic heterocycles. The molecule has 92 heavy (non-hydrogen) atoms. The summed E-state index contributed by atoms with van der Waals surface area (Å²) in [5.74, 6) is -5.20. The second-order valence-electron chi connectivity index (χ2n) is 25.8. The van der Waals surface area contributed by atoms with E-state index in [-0.39, 0.29) is 123 Å². The number of unbranched alkanes of at least 4 members (excludes halogenated alkanes) is 2. The maximum atomic E-state index is 14.9. The number of rotatable bonds is 40. The van der Waals surface area contributed by atoms with E-state index in [1.165, 1.54) is 26.4 Å². The van der Waals surface area contributed by atoms with Crippen molar-refractivity contribution in [1.82, 2.24) is 41.3 Å². The highest BCUT2D eigenvalue weighted by Crippen LogP contribution is 2.30. The van der Waals surface area contributed by atoms with Crippen LogP contribution < -0.4 is 37.6 Å². The summed E-state index contributed by atoms with van der Waals surface area (Å²) in [6, 6.07) is 10.3. The number of aliphatic hydroxyl groups excluding tert-OH is 2. The Labute approximate surface area is 543 Å². The molecule has 2 heterocycles. The van der Waals surface area contributed by atoms with Crippen LogP contribution in [0.5, 0.6) is 0 Å². The summed E-state index contributed by atoms with van der Waals surface area (Å²) in [6.45, 7) is 13.4. The Morgan fingerprint density at radius 3 is 1.98 bits per heavy atom. The molecule has 11 atom stereocenters. The van der Waals surface area contributed by atoms with E-state index in [4.69, 9.17) is 15.2 Å². The molecule has 0 saturated carbocycles. The summed E-state index contributed by atoms with van der Waals surface area (Å²) in [5.41, 5.74) is 7.40. The summed E-state index contributed by atoms with van der Waals surface area (Å²) >= 11 is 0. The molecular weight excluding hydrogens is 1180 g/mol. The van der Waals surface area contributed by atoms with Crippen LogP contribution in [0.1, 0.15) is 130 Å². The van der Waals surface area contributed by atoms with E-state index in [0.29, 0.717) is 57.2 Å². The number of primary amides is 1. The van der Waals surface area contributed by atoms with Gasteiger partial charge in [0.1, 0.15) is 24.7 Å². The zero-order valence-electron chi connectivity index (χ0n) is 56.2. The van der Waals surface area contributed by atoms with Crippen LogP contribution in [-0.4, -0.2) is 211 Å². The van der Waals surface area contributed by atoms with Crippen LogP contribution in [0, 0.1) is 23.7 Å². The van der Waals surface area contributed by atoms with Crippen molar-refractivity contribution in [2.75, 3.05) is 73.5 Å². The van der Waals surface area contributed by atoms with Crippen molar-refractivity contribution < 1.29 is 72.1 Å². The molecule has 1 saturated heterocycles. The van der Waals surface area contributed by atoms with E-state index >= 15 is 0 Å². The number of nitrogens with one attached hydrogen (secondary N) is 6. The molecular formula is C67H106N11O14+. The monoisotopic (exact) mass is 1290 g/mol. The molecule has 0 spiro atoms. The molecule has 512 valence electrons. The molecule has 2 aromatic rings. The van der Waals surface area contributed by atoms with Crippen molar-refractivity contribution in [2.24, 2.45) is 29.4 Å². The average Bonchev–Trinajstić information content (AvgIpc) is 1.20. The fourth-order valence-electron chi connectivity index (χ4n) is 12.3. The number of likely N-dealkylation sites (N-methyl/N-ethyl adjacent to an activating group) is 2. The minimum Gasteiger partial charge on any atom is -0.396 e. The summed E-state index contributed by atoms with van der Waals surface area (Å²) < 4.78 is 12.2. The van der Waals surface area contributed by atoms with Crippen LogP contribution in [0.3, 0.4) is 0 Å². The number of likely N-dealkylation sites (tertiary alicyclic amines) is 1. The standard InChI is InChI=1S/C67H105N11O14/c1-13-44(6)60(53(91-11)39-57(84)76-36-21-25-51(76)61(92-12)45(7)62(85)71-49(41-80)38-46-22-16-14-17-23-46)75(8)66(89)59(43(4)5)74-64(87)52(33-37-79)78(9,10)40-47-27-29-48(30-28-47)70-63(86)50(24-20-34-69-67(68)90)72-65(88)58(42(2)3)73-54(81)26-18-15-19-35-77-55(82)31-32-56(77)83/h14,16-17,22-23,27-32,42-45,49-53,58-61,79-80H,13,15,18-21,24-26,33-41H2,1-12H3,(H7-,68,69,70,71,72,73,74,81,85,86,87,88,90)/p+1/t44-,45+,49-,50-,51-,52-,53+,58-,59-,60-,61+/m0/s1. The number of hydrogen-bond donors (Lipinski definition) is 9. The Morgan fingerprint density at radius 1 is 0.750 bits per heavy atom. The highest BCUT2D eigenvalue weighted by molar-refractivity contribution is 6.12. The number of urea groups is 1. The van der Waals surface area contributed by atoms with Gasteiger partial charge in [-0.3, -0.25) is 48.1 Å². The predicted molar refractivity (Wildman–Crippen MR) is 348 cm³/mol. The lowest BCUT2D eigenvalue weighted by Crippen LogP contribution is -2.62. The van der Waals surface area contributed by atoms with E-state index in [2.05, 4.69) is 31.9 Å². The molecule has 4 rings (SSSR count). The van der Waals surface area contributed by atoms with Gasteiger partial charge < -0.3 is 71.6 Å². The van der Waals surface area contributed by atoms with Gasteiger partial charge in [-0.05, 0) is 80.4 Å². The molecule has 0 radical (unpaired) electrons. The van der Waals surface area contributed by atoms with Gasteiger partial charge in [0.25, 0.3) is 17.7 Å². The first-order chi connectivity index (χ1) is 43.6. The number of methoxy groups -OCH3 is 2. The number of aliphatic hydroxyl groups is 2. The largest absolute Gasteiger partial charge is 0.396 e. The molecule has 11 amide bonds. The van der Waals surface area contributed by atoms with Crippen LogP contribution >= 0.6 is 0 Å². The smallest absolute Gasteiger partial charge is 0.312 e. The summed E-state index contributed by atoms with van der Waals surface area (Å²) in [5, 5.41) is 37.5. The third-order valence-electron chi connectivity index (χ3n) is 17.8. The molecule has 1 fully saturated rings. The number of imide groups is 1. The molecule has 0 bridgehead atoms. The third kappa shape index (κ3) is 23.1. The van der Waals surface area contributed by atoms with Gasteiger partial charge in [-0.25, -0.2) is 4.79 Å².